The van der Waals surface area contributed by atoms with Gasteiger partial charge in [-0.2, -0.15) is 0 Å². The summed E-state index contributed by atoms with van der Waals surface area (Å²) in [6.45, 7) is 7.23. The molecule has 1 fully saturated rings. The summed E-state index contributed by atoms with van der Waals surface area (Å²) < 4.78 is 5.29. The highest BCUT2D eigenvalue weighted by Gasteiger charge is 2.15. The predicted molar refractivity (Wildman–Crippen MR) is 106 cm³/mol. The Kier molecular flexibility index (Phi) is 14.6. The molecular formula is C16H33IN4O2. The molecule has 0 aliphatic heterocycles. The Labute approximate surface area is 157 Å². The van der Waals surface area contributed by atoms with Crippen molar-refractivity contribution in [3.63, 3.8) is 0 Å². The van der Waals surface area contributed by atoms with Gasteiger partial charge in [-0.05, 0) is 33.1 Å². The zero-order chi connectivity index (χ0) is 16.0. The molecule has 1 aliphatic rings. The molecular weight excluding hydrogens is 407 g/mol. The molecule has 0 saturated heterocycles. The minimum Gasteiger partial charge on any atom is -0.382 e. The molecule has 1 aliphatic carbocycles. The van der Waals surface area contributed by atoms with Crippen molar-refractivity contribution in [1.82, 2.24) is 16.0 Å². The number of rotatable bonds is 9. The quantitative estimate of drug-likeness (QED) is 0.222. The minimum atomic E-state index is 0. The summed E-state index contributed by atoms with van der Waals surface area (Å²) in [6.07, 6.45) is 6.86. The third kappa shape index (κ3) is 11.6. The Balaban J connectivity index is 0.00000484. The third-order valence-corrected chi connectivity index (χ3v) is 3.66. The van der Waals surface area contributed by atoms with Crippen LogP contribution in [0, 0.1) is 0 Å². The number of nitrogens with one attached hydrogen (secondary N) is 3. The molecule has 0 radical (unpaired) electrons. The second-order valence-corrected chi connectivity index (χ2v) is 5.57. The van der Waals surface area contributed by atoms with Crippen LogP contribution in [0.25, 0.3) is 0 Å². The first-order valence-corrected chi connectivity index (χ1v) is 8.65. The van der Waals surface area contributed by atoms with Crippen LogP contribution in [0.15, 0.2) is 4.99 Å². The Morgan fingerprint density at radius 3 is 2.57 bits per heavy atom. The molecule has 0 atom stereocenters. The van der Waals surface area contributed by atoms with E-state index in [1.54, 1.807) is 0 Å². The number of amides is 1. The van der Waals surface area contributed by atoms with Gasteiger partial charge in [-0.15, -0.1) is 24.0 Å². The topological polar surface area (TPSA) is 74.8 Å². The number of carbonyl (C=O) groups excluding carboxylic acids is 1. The number of hydrogen-bond donors (Lipinski definition) is 3. The molecule has 0 bridgehead atoms. The number of halogens is 1. The van der Waals surface area contributed by atoms with Crippen molar-refractivity contribution in [2.75, 3.05) is 32.8 Å². The summed E-state index contributed by atoms with van der Waals surface area (Å²) in [5.41, 5.74) is 0. The molecule has 1 rings (SSSR count). The summed E-state index contributed by atoms with van der Waals surface area (Å²) in [5, 5.41) is 9.45. The van der Waals surface area contributed by atoms with Crippen molar-refractivity contribution in [3.8, 4) is 0 Å². The first-order chi connectivity index (χ1) is 10.8. The Bertz CT molecular complexity index is 334. The lowest BCUT2D eigenvalue weighted by molar-refractivity contribution is -0.120. The highest BCUT2D eigenvalue weighted by Crippen LogP contribution is 2.17. The molecule has 0 heterocycles. The maximum Gasteiger partial charge on any atom is 0.242 e. The van der Waals surface area contributed by atoms with Gasteiger partial charge in [0.25, 0.3) is 0 Å². The van der Waals surface area contributed by atoms with E-state index in [2.05, 4.69) is 20.9 Å². The van der Waals surface area contributed by atoms with Gasteiger partial charge in [-0.1, -0.05) is 19.3 Å². The van der Waals surface area contributed by atoms with Crippen LogP contribution in [0.2, 0.25) is 0 Å². The number of ether oxygens (including phenoxy) is 1. The van der Waals surface area contributed by atoms with Gasteiger partial charge >= 0.3 is 0 Å². The van der Waals surface area contributed by atoms with E-state index in [-0.39, 0.29) is 36.4 Å². The molecule has 3 N–H and O–H groups in total. The fraction of sp³-hybridized carbons (Fsp3) is 0.875. The van der Waals surface area contributed by atoms with E-state index in [4.69, 9.17) is 4.74 Å². The van der Waals surface area contributed by atoms with E-state index in [1.807, 2.05) is 13.8 Å². The van der Waals surface area contributed by atoms with E-state index < -0.39 is 0 Å². The maximum absolute atomic E-state index is 11.9. The van der Waals surface area contributed by atoms with Gasteiger partial charge < -0.3 is 20.7 Å². The normalized spacial score (nSPS) is 15.7. The number of guanidine groups is 1. The van der Waals surface area contributed by atoms with Crippen LogP contribution >= 0.6 is 24.0 Å². The molecule has 0 unspecified atom stereocenters. The Morgan fingerprint density at radius 1 is 1.17 bits per heavy atom. The highest BCUT2D eigenvalue weighted by molar-refractivity contribution is 14.0. The lowest BCUT2D eigenvalue weighted by Crippen LogP contribution is -2.41. The van der Waals surface area contributed by atoms with Crippen LogP contribution in [0.5, 0.6) is 0 Å². The summed E-state index contributed by atoms with van der Waals surface area (Å²) in [7, 11) is 0. The van der Waals surface area contributed by atoms with Gasteiger partial charge in [-0.3, -0.25) is 4.79 Å². The standard InChI is InChI=1S/C16H32N4O2.HI/c1-3-17-16(18-11-8-12-22-4-2)19-13-15(21)20-14-9-6-5-7-10-14;/h14H,3-13H2,1-2H3,(H,20,21)(H2,17,18,19);1H. The summed E-state index contributed by atoms with van der Waals surface area (Å²) >= 11 is 0. The van der Waals surface area contributed by atoms with Gasteiger partial charge in [0.15, 0.2) is 5.96 Å². The van der Waals surface area contributed by atoms with E-state index in [0.717, 1.165) is 45.6 Å². The Hall–Kier alpha value is -0.570. The zero-order valence-corrected chi connectivity index (χ0v) is 16.9. The van der Waals surface area contributed by atoms with Crippen LogP contribution in [-0.4, -0.2) is 50.8 Å². The van der Waals surface area contributed by atoms with Gasteiger partial charge in [0.1, 0.15) is 6.54 Å². The van der Waals surface area contributed by atoms with E-state index in [1.165, 1.54) is 19.3 Å². The fourth-order valence-electron chi connectivity index (χ4n) is 2.54. The van der Waals surface area contributed by atoms with Gasteiger partial charge in [0.2, 0.25) is 5.91 Å². The van der Waals surface area contributed by atoms with Crippen molar-refractivity contribution in [2.24, 2.45) is 4.99 Å². The third-order valence-electron chi connectivity index (χ3n) is 3.66. The highest BCUT2D eigenvalue weighted by atomic mass is 127. The summed E-state index contributed by atoms with van der Waals surface area (Å²) in [6, 6.07) is 0.346. The average molecular weight is 440 g/mol. The largest absolute Gasteiger partial charge is 0.382 e. The second-order valence-electron chi connectivity index (χ2n) is 5.57. The number of nitrogens with zero attached hydrogens (tertiary/aromatic N) is 1. The first-order valence-electron chi connectivity index (χ1n) is 8.65. The van der Waals surface area contributed by atoms with Gasteiger partial charge in [-0.25, -0.2) is 4.99 Å². The average Bonchev–Trinajstić information content (AvgIpc) is 2.53. The van der Waals surface area contributed by atoms with Gasteiger partial charge in [0, 0.05) is 32.3 Å². The first kappa shape index (κ1) is 22.4. The molecule has 1 amide bonds. The lowest BCUT2D eigenvalue weighted by Gasteiger charge is -2.22. The van der Waals surface area contributed by atoms with Crippen LogP contribution in [-0.2, 0) is 9.53 Å². The second kappa shape index (κ2) is 15.0. The van der Waals surface area contributed by atoms with E-state index in [0.29, 0.717) is 12.0 Å². The van der Waals surface area contributed by atoms with Crippen molar-refractivity contribution in [2.45, 2.75) is 58.4 Å². The molecule has 23 heavy (non-hydrogen) atoms. The summed E-state index contributed by atoms with van der Waals surface area (Å²) in [4.78, 5) is 16.3. The van der Waals surface area contributed by atoms with Crippen molar-refractivity contribution >= 4 is 35.8 Å². The smallest absolute Gasteiger partial charge is 0.242 e. The maximum atomic E-state index is 11.9. The van der Waals surface area contributed by atoms with Crippen LogP contribution < -0.4 is 16.0 Å². The molecule has 0 aromatic rings. The van der Waals surface area contributed by atoms with Crippen LogP contribution in [0.4, 0.5) is 0 Å². The molecule has 0 aromatic carbocycles. The number of hydrogen-bond acceptors (Lipinski definition) is 3. The van der Waals surface area contributed by atoms with E-state index >= 15 is 0 Å². The molecule has 6 nitrogen and oxygen atoms in total. The van der Waals surface area contributed by atoms with Crippen LogP contribution in [0.1, 0.15) is 52.4 Å². The molecule has 1 saturated carbocycles. The SMILES string of the molecule is CCNC(=NCC(=O)NC1CCCCC1)NCCCOCC.I. The number of aliphatic imine (C=N–C) groups is 1. The van der Waals surface area contributed by atoms with Gasteiger partial charge in [0.05, 0.1) is 0 Å². The van der Waals surface area contributed by atoms with Crippen molar-refractivity contribution in [1.29, 1.82) is 0 Å². The van der Waals surface area contributed by atoms with Crippen LogP contribution in [0.3, 0.4) is 0 Å². The predicted octanol–water partition coefficient (Wildman–Crippen LogP) is 2.03. The minimum absolute atomic E-state index is 0. The molecule has 136 valence electrons. The van der Waals surface area contributed by atoms with Crippen molar-refractivity contribution in [3.05, 3.63) is 0 Å². The van der Waals surface area contributed by atoms with Crippen molar-refractivity contribution < 1.29 is 9.53 Å². The Morgan fingerprint density at radius 2 is 1.91 bits per heavy atom. The molecule has 0 spiro atoms. The summed E-state index contributed by atoms with van der Waals surface area (Å²) in [5.74, 6) is 0.705. The fourth-order valence-corrected chi connectivity index (χ4v) is 2.54. The van der Waals surface area contributed by atoms with E-state index in [9.17, 15) is 4.79 Å². The number of carbonyl (C=O) groups is 1. The zero-order valence-electron chi connectivity index (χ0n) is 14.5. The lowest BCUT2D eigenvalue weighted by atomic mass is 9.95. The molecule has 0 aromatic heterocycles. The molecule has 7 heteroatoms. The monoisotopic (exact) mass is 440 g/mol.